The molecule has 1 unspecified atom stereocenters. The van der Waals surface area contributed by atoms with Gasteiger partial charge in [-0.1, -0.05) is 13.8 Å². The molecule has 14 heavy (non-hydrogen) atoms. The molecule has 5 nitrogen and oxygen atoms in total. The molecule has 0 aliphatic rings. The predicted molar refractivity (Wildman–Crippen MR) is 50.5 cm³/mol. The minimum atomic E-state index is -0.953. The van der Waals surface area contributed by atoms with E-state index in [-0.39, 0.29) is 11.8 Å². The van der Waals surface area contributed by atoms with E-state index in [9.17, 15) is 9.59 Å². The summed E-state index contributed by atoms with van der Waals surface area (Å²) in [5.41, 5.74) is 0. The highest BCUT2D eigenvalue weighted by Gasteiger charge is 2.20. The average molecular weight is 203 g/mol. The van der Waals surface area contributed by atoms with Crippen molar-refractivity contribution in [3.05, 3.63) is 0 Å². The maximum Gasteiger partial charge on any atom is 0.330 e. The van der Waals surface area contributed by atoms with Crippen LogP contribution in [0.2, 0.25) is 0 Å². The molecular weight excluding hydrogens is 186 g/mol. The molecule has 0 bridgehead atoms. The van der Waals surface area contributed by atoms with Gasteiger partial charge in [-0.15, -0.1) is 0 Å². The number of methoxy groups -OCH3 is 1. The van der Waals surface area contributed by atoms with Crippen LogP contribution in [0.15, 0.2) is 0 Å². The van der Waals surface area contributed by atoms with Gasteiger partial charge in [0.05, 0.1) is 13.7 Å². The molecule has 0 radical (unpaired) electrons. The molecule has 0 aromatic rings. The van der Waals surface area contributed by atoms with E-state index in [0.717, 1.165) is 0 Å². The third-order valence-electron chi connectivity index (χ3n) is 1.60. The van der Waals surface area contributed by atoms with Gasteiger partial charge in [-0.3, -0.25) is 4.79 Å². The van der Waals surface area contributed by atoms with Crippen LogP contribution in [0.4, 0.5) is 0 Å². The maximum absolute atomic E-state index is 11.2. The van der Waals surface area contributed by atoms with Crippen molar-refractivity contribution in [3.8, 4) is 0 Å². The number of nitrogens with one attached hydrogen (secondary N) is 1. The van der Waals surface area contributed by atoms with E-state index in [1.165, 1.54) is 7.11 Å². The number of hydrogen-bond acceptors (Lipinski definition) is 4. The molecule has 0 rings (SSSR count). The fourth-order valence-corrected chi connectivity index (χ4v) is 0.945. The van der Waals surface area contributed by atoms with Crippen molar-refractivity contribution >= 4 is 11.9 Å². The summed E-state index contributed by atoms with van der Waals surface area (Å²) in [6.45, 7) is 3.34. The summed E-state index contributed by atoms with van der Waals surface area (Å²) in [5, 5.41) is 11.2. The number of aliphatic hydroxyl groups is 1. The zero-order valence-corrected chi connectivity index (χ0v) is 8.74. The lowest BCUT2D eigenvalue weighted by atomic mass is 10.1. The van der Waals surface area contributed by atoms with Crippen molar-refractivity contribution in [2.75, 3.05) is 13.7 Å². The topological polar surface area (TPSA) is 75.6 Å². The van der Waals surface area contributed by atoms with Gasteiger partial charge in [-0.2, -0.15) is 0 Å². The SMILES string of the molecule is COC(=O)C(CO)NC(=O)CC(C)C. The van der Waals surface area contributed by atoms with E-state index >= 15 is 0 Å². The Hall–Kier alpha value is -1.10. The van der Waals surface area contributed by atoms with Crippen molar-refractivity contribution in [2.45, 2.75) is 26.3 Å². The van der Waals surface area contributed by atoms with Crippen LogP contribution in [-0.2, 0) is 14.3 Å². The van der Waals surface area contributed by atoms with Crippen LogP contribution >= 0.6 is 0 Å². The Labute approximate surface area is 83.4 Å². The summed E-state index contributed by atoms with van der Waals surface area (Å²) in [4.78, 5) is 22.2. The van der Waals surface area contributed by atoms with Gasteiger partial charge in [0, 0.05) is 6.42 Å². The number of esters is 1. The molecule has 1 atom stereocenters. The molecule has 0 aliphatic carbocycles. The first-order valence-corrected chi connectivity index (χ1v) is 4.49. The molecular formula is C9H17NO4. The fraction of sp³-hybridized carbons (Fsp3) is 0.778. The van der Waals surface area contributed by atoms with Crippen LogP contribution in [0.3, 0.4) is 0 Å². The molecule has 5 heteroatoms. The molecule has 0 aliphatic heterocycles. The minimum Gasteiger partial charge on any atom is -0.467 e. The number of carbonyl (C=O) groups excluding carboxylic acids is 2. The Morgan fingerprint density at radius 3 is 2.36 bits per heavy atom. The maximum atomic E-state index is 11.2. The van der Waals surface area contributed by atoms with E-state index in [1.807, 2.05) is 13.8 Å². The van der Waals surface area contributed by atoms with Crippen LogP contribution in [0.25, 0.3) is 0 Å². The third kappa shape index (κ3) is 4.81. The predicted octanol–water partition coefficient (Wildman–Crippen LogP) is -0.317. The molecule has 0 heterocycles. The van der Waals surface area contributed by atoms with Gasteiger partial charge in [0.1, 0.15) is 0 Å². The monoisotopic (exact) mass is 203 g/mol. The zero-order chi connectivity index (χ0) is 11.1. The number of hydrogen-bond donors (Lipinski definition) is 2. The largest absolute Gasteiger partial charge is 0.467 e. The lowest BCUT2D eigenvalue weighted by molar-refractivity contribution is -0.146. The Kier molecular flexibility index (Phi) is 5.87. The van der Waals surface area contributed by atoms with Crippen molar-refractivity contribution < 1.29 is 19.4 Å². The Balaban J connectivity index is 4.05. The van der Waals surface area contributed by atoms with Gasteiger partial charge in [-0.25, -0.2) is 4.79 Å². The molecule has 1 amide bonds. The highest BCUT2D eigenvalue weighted by Crippen LogP contribution is 1.99. The normalized spacial score (nSPS) is 12.4. The Morgan fingerprint density at radius 2 is 2.00 bits per heavy atom. The van der Waals surface area contributed by atoms with E-state index < -0.39 is 18.6 Å². The molecule has 2 N–H and O–H groups in total. The van der Waals surface area contributed by atoms with Crippen LogP contribution in [-0.4, -0.2) is 36.7 Å². The highest BCUT2D eigenvalue weighted by atomic mass is 16.5. The van der Waals surface area contributed by atoms with Gasteiger partial charge >= 0.3 is 5.97 Å². The first-order valence-electron chi connectivity index (χ1n) is 4.49. The molecule has 82 valence electrons. The summed E-state index contributed by atoms with van der Waals surface area (Å²) < 4.78 is 4.40. The number of aliphatic hydroxyl groups excluding tert-OH is 1. The summed E-state index contributed by atoms with van der Waals surface area (Å²) >= 11 is 0. The quantitative estimate of drug-likeness (QED) is 0.601. The summed E-state index contributed by atoms with van der Waals surface area (Å²) in [6.07, 6.45) is 0.327. The zero-order valence-electron chi connectivity index (χ0n) is 8.74. The van der Waals surface area contributed by atoms with Crippen molar-refractivity contribution in [2.24, 2.45) is 5.92 Å². The fourth-order valence-electron chi connectivity index (χ4n) is 0.945. The minimum absolute atomic E-state index is 0.215. The molecule has 0 aromatic carbocycles. The summed E-state index contributed by atoms with van der Waals surface area (Å²) in [7, 11) is 1.21. The molecule has 0 aromatic heterocycles. The van der Waals surface area contributed by atoms with Gasteiger partial charge < -0.3 is 15.2 Å². The average Bonchev–Trinajstić information content (AvgIpc) is 2.11. The van der Waals surface area contributed by atoms with Crippen LogP contribution < -0.4 is 5.32 Å². The second kappa shape index (κ2) is 6.37. The van der Waals surface area contributed by atoms with Crippen LogP contribution in [0.5, 0.6) is 0 Å². The van der Waals surface area contributed by atoms with Crippen LogP contribution in [0, 0.1) is 5.92 Å². The van der Waals surface area contributed by atoms with Crippen molar-refractivity contribution in [1.82, 2.24) is 5.32 Å². The standard InChI is InChI=1S/C9H17NO4/c1-6(2)4-8(12)10-7(5-11)9(13)14-3/h6-7,11H,4-5H2,1-3H3,(H,10,12). The lowest BCUT2D eigenvalue weighted by Gasteiger charge is -2.14. The highest BCUT2D eigenvalue weighted by molar-refractivity contribution is 5.84. The Bertz CT molecular complexity index is 203. The molecule has 0 spiro atoms. The number of amides is 1. The molecule has 0 fully saturated rings. The Morgan fingerprint density at radius 1 is 1.43 bits per heavy atom. The van der Waals surface area contributed by atoms with Crippen molar-refractivity contribution in [1.29, 1.82) is 0 Å². The van der Waals surface area contributed by atoms with E-state index in [2.05, 4.69) is 10.1 Å². The summed E-state index contributed by atoms with van der Waals surface area (Å²) in [6, 6.07) is -0.953. The van der Waals surface area contributed by atoms with Gasteiger partial charge in [0.25, 0.3) is 0 Å². The van der Waals surface area contributed by atoms with Gasteiger partial charge in [-0.05, 0) is 5.92 Å². The molecule has 0 saturated carbocycles. The smallest absolute Gasteiger partial charge is 0.330 e. The van der Waals surface area contributed by atoms with Gasteiger partial charge in [0.15, 0.2) is 6.04 Å². The number of ether oxygens (including phenoxy) is 1. The number of rotatable bonds is 5. The van der Waals surface area contributed by atoms with Gasteiger partial charge in [0.2, 0.25) is 5.91 Å². The van der Waals surface area contributed by atoms with Crippen LogP contribution in [0.1, 0.15) is 20.3 Å². The molecule has 0 saturated heterocycles. The summed E-state index contributed by atoms with van der Waals surface area (Å²) in [5.74, 6) is -0.680. The first-order chi connectivity index (χ1) is 6.51. The van der Waals surface area contributed by atoms with E-state index in [1.54, 1.807) is 0 Å². The van der Waals surface area contributed by atoms with E-state index in [4.69, 9.17) is 5.11 Å². The first kappa shape index (κ1) is 12.9. The third-order valence-corrected chi connectivity index (χ3v) is 1.60. The van der Waals surface area contributed by atoms with E-state index in [0.29, 0.717) is 6.42 Å². The number of carbonyl (C=O) groups is 2. The lowest BCUT2D eigenvalue weighted by Crippen LogP contribution is -2.44. The second-order valence-corrected chi connectivity index (χ2v) is 3.42. The second-order valence-electron chi connectivity index (χ2n) is 3.42. The van der Waals surface area contributed by atoms with Crippen molar-refractivity contribution in [3.63, 3.8) is 0 Å².